The number of likely N-dealkylation sites (tertiary alicyclic amines) is 1. The van der Waals surface area contributed by atoms with E-state index >= 15 is 0 Å². The molecule has 1 unspecified atom stereocenters. The maximum atomic E-state index is 12.4. The number of nitrogens with zero attached hydrogens (tertiary/aromatic N) is 3. The number of benzene rings is 1. The van der Waals surface area contributed by atoms with Crippen LogP contribution in [0.25, 0.3) is 11.4 Å². The van der Waals surface area contributed by atoms with Crippen LogP contribution >= 0.6 is 11.6 Å². The van der Waals surface area contributed by atoms with Crippen LogP contribution < -0.4 is 5.32 Å². The van der Waals surface area contributed by atoms with Crippen molar-refractivity contribution in [1.29, 1.82) is 0 Å². The summed E-state index contributed by atoms with van der Waals surface area (Å²) in [5.74, 6) is 1.43. The average Bonchev–Trinajstić information content (AvgIpc) is 3.42. The van der Waals surface area contributed by atoms with Crippen molar-refractivity contribution < 1.29 is 13.7 Å². The molecule has 1 atom stereocenters. The summed E-state index contributed by atoms with van der Waals surface area (Å²) in [5.41, 5.74) is 0.679. The Morgan fingerprint density at radius 3 is 2.79 bits per heavy atom. The SMILES string of the molecule is CC(c1ccc(C(=O)NCc2nc(-c3ccccc3Cl)no2)o1)N1CCCCC1. The first kappa shape index (κ1) is 19.7. The Morgan fingerprint density at radius 1 is 1.21 bits per heavy atom. The molecule has 0 spiro atoms. The van der Waals surface area contributed by atoms with E-state index in [9.17, 15) is 4.79 Å². The van der Waals surface area contributed by atoms with Gasteiger partial charge in [0.15, 0.2) is 5.76 Å². The molecule has 4 rings (SSSR count). The molecule has 1 N–H and O–H groups in total. The van der Waals surface area contributed by atoms with E-state index in [2.05, 4.69) is 27.3 Å². The number of carbonyl (C=O) groups is 1. The molecule has 0 saturated carbocycles. The van der Waals surface area contributed by atoms with Crippen LogP contribution in [-0.2, 0) is 6.54 Å². The second-order valence-electron chi connectivity index (χ2n) is 7.15. The maximum absolute atomic E-state index is 12.4. The van der Waals surface area contributed by atoms with Gasteiger partial charge >= 0.3 is 0 Å². The van der Waals surface area contributed by atoms with Crippen molar-refractivity contribution in [3.63, 3.8) is 0 Å². The molecule has 1 saturated heterocycles. The third-order valence-electron chi connectivity index (χ3n) is 5.18. The third-order valence-corrected chi connectivity index (χ3v) is 5.51. The Balaban J connectivity index is 1.36. The van der Waals surface area contributed by atoms with Crippen LogP contribution in [0.4, 0.5) is 0 Å². The Labute approximate surface area is 174 Å². The zero-order chi connectivity index (χ0) is 20.2. The van der Waals surface area contributed by atoms with Crippen molar-refractivity contribution >= 4 is 17.5 Å². The fourth-order valence-corrected chi connectivity index (χ4v) is 3.73. The van der Waals surface area contributed by atoms with Crippen molar-refractivity contribution in [3.05, 3.63) is 58.8 Å². The lowest BCUT2D eigenvalue weighted by molar-refractivity contribution is 0.0909. The molecular formula is C21H23ClN4O3. The average molecular weight is 415 g/mol. The summed E-state index contributed by atoms with van der Waals surface area (Å²) < 4.78 is 11.0. The molecule has 0 bridgehead atoms. The molecule has 1 amide bonds. The first-order valence-electron chi connectivity index (χ1n) is 9.81. The number of furan rings is 1. The summed E-state index contributed by atoms with van der Waals surface area (Å²) in [5, 5.41) is 7.21. The fraction of sp³-hybridized carbons (Fsp3) is 0.381. The number of aromatic nitrogens is 2. The lowest BCUT2D eigenvalue weighted by Crippen LogP contribution is -2.32. The van der Waals surface area contributed by atoms with E-state index in [1.165, 1.54) is 19.3 Å². The van der Waals surface area contributed by atoms with E-state index in [1.807, 2.05) is 24.3 Å². The molecule has 2 aromatic heterocycles. The van der Waals surface area contributed by atoms with Crippen LogP contribution in [0.15, 0.2) is 45.3 Å². The molecule has 8 heteroatoms. The zero-order valence-electron chi connectivity index (χ0n) is 16.2. The largest absolute Gasteiger partial charge is 0.454 e. The summed E-state index contributed by atoms with van der Waals surface area (Å²) in [4.78, 5) is 19.1. The molecule has 0 radical (unpaired) electrons. The first-order chi connectivity index (χ1) is 14.1. The topological polar surface area (TPSA) is 84.4 Å². The monoisotopic (exact) mass is 414 g/mol. The van der Waals surface area contributed by atoms with Crippen molar-refractivity contribution in [2.24, 2.45) is 0 Å². The highest BCUT2D eigenvalue weighted by Gasteiger charge is 2.22. The van der Waals surface area contributed by atoms with Gasteiger partial charge in [0.2, 0.25) is 11.7 Å². The van der Waals surface area contributed by atoms with Crippen LogP contribution in [-0.4, -0.2) is 34.0 Å². The number of hydrogen-bond donors (Lipinski definition) is 1. The minimum atomic E-state index is -0.320. The maximum Gasteiger partial charge on any atom is 0.287 e. The van der Waals surface area contributed by atoms with Gasteiger partial charge in [-0.1, -0.05) is 35.3 Å². The van der Waals surface area contributed by atoms with Crippen LogP contribution in [0.3, 0.4) is 0 Å². The molecule has 29 heavy (non-hydrogen) atoms. The molecule has 1 fully saturated rings. The van der Waals surface area contributed by atoms with E-state index in [0.717, 1.165) is 18.8 Å². The first-order valence-corrected chi connectivity index (χ1v) is 10.2. The Hall–Kier alpha value is -2.64. The van der Waals surface area contributed by atoms with Gasteiger partial charge in [-0.15, -0.1) is 0 Å². The smallest absolute Gasteiger partial charge is 0.287 e. The van der Waals surface area contributed by atoms with E-state index in [4.69, 9.17) is 20.5 Å². The van der Waals surface area contributed by atoms with Crippen molar-refractivity contribution in [2.45, 2.75) is 38.8 Å². The predicted molar refractivity (Wildman–Crippen MR) is 108 cm³/mol. The van der Waals surface area contributed by atoms with E-state index < -0.39 is 0 Å². The van der Waals surface area contributed by atoms with E-state index in [-0.39, 0.29) is 24.3 Å². The molecule has 0 aliphatic carbocycles. The van der Waals surface area contributed by atoms with Crippen molar-refractivity contribution in [2.75, 3.05) is 13.1 Å². The summed E-state index contributed by atoms with van der Waals surface area (Å²) in [6.45, 7) is 4.34. The van der Waals surface area contributed by atoms with Crippen LogP contribution in [0, 0.1) is 0 Å². The Bertz CT molecular complexity index is 978. The van der Waals surface area contributed by atoms with E-state index in [1.54, 1.807) is 12.1 Å². The molecule has 152 valence electrons. The highest BCUT2D eigenvalue weighted by atomic mass is 35.5. The van der Waals surface area contributed by atoms with Gasteiger partial charge in [0, 0.05) is 5.56 Å². The minimum absolute atomic E-state index is 0.105. The summed E-state index contributed by atoms with van der Waals surface area (Å²) in [7, 11) is 0. The summed E-state index contributed by atoms with van der Waals surface area (Å²) >= 11 is 6.15. The molecule has 1 aliphatic rings. The van der Waals surface area contributed by atoms with Gasteiger partial charge in [-0.05, 0) is 57.1 Å². The molecule has 3 aromatic rings. The van der Waals surface area contributed by atoms with Crippen LogP contribution in [0.5, 0.6) is 0 Å². The molecule has 3 heterocycles. The van der Waals surface area contributed by atoms with E-state index in [0.29, 0.717) is 22.3 Å². The van der Waals surface area contributed by atoms with Crippen molar-refractivity contribution in [1.82, 2.24) is 20.4 Å². The fourth-order valence-electron chi connectivity index (χ4n) is 3.51. The zero-order valence-corrected chi connectivity index (χ0v) is 17.0. The second-order valence-corrected chi connectivity index (χ2v) is 7.56. The lowest BCUT2D eigenvalue weighted by Gasteiger charge is -2.31. The normalized spacial score (nSPS) is 15.9. The molecule has 7 nitrogen and oxygen atoms in total. The van der Waals surface area contributed by atoms with Crippen LogP contribution in [0.1, 0.15) is 54.4 Å². The van der Waals surface area contributed by atoms with Crippen LogP contribution in [0.2, 0.25) is 5.02 Å². The van der Waals surface area contributed by atoms with Gasteiger partial charge in [0.05, 0.1) is 17.6 Å². The van der Waals surface area contributed by atoms with Crippen molar-refractivity contribution in [3.8, 4) is 11.4 Å². The highest BCUT2D eigenvalue weighted by molar-refractivity contribution is 6.33. The number of amides is 1. The Kier molecular flexibility index (Phi) is 5.97. The minimum Gasteiger partial charge on any atom is -0.454 e. The van der Waals surface area contributed by atoms with Gasteiger partial charge < -0.3 is 14.3 Å². The van der Waals surface area contributed by atoms with Gasteiger partial charge in [-0.25, -0.2) is 0 Å². The quantitative estimate of drug-likeness (QED) is 0.641. The van der Waals surface area contributed by atoms with Gasteiger partial charge in [0.1, 0.15) is 5.76 Å². The number of piperidine rings is 1. The molecular weight excluding hydrogens is 392 g/mol. The number of nitrogens with one attached hydrogen (secondary N) is 1. The van der Waals surface area contributed by atoms with Gasteiger partial charge in [0.25, 0.3) is 5.91 Å². The second kappa shape index (κ2) is 8.80. The molecule has 1 aliphatic heterocycles. The standard InChI is InChI=1S/C21H23ClN4O3/c1-14(26-11-5-2-6-12-26)17-9-10-18(28-17)21(27)23-13-19-24-20(25-29-19)15-7-3-4-8-16(15)22/h3-4,7-10,14H,2,5-6,11-13H2,1H3,(H,23,27). The predicted octanol–water partition coefficient (Wildman–Crippen LogP) is 4.46. The highest BCUT2D eigenvalue weighted by Crippen LogP contribution is 2.26. The molecule has 1 aromatic carbocycles. The summed E-state index contributed by atoms with van der Waals surface area (Å²) in [6.07, 6.45) is 3.69. The lowest BCUT2D eigenvalue weighted by atomic mass is 10.1. The number of carbonyl (C=O) groups excluding carboxylic acids is 1. The summed E-state index contributed by atoms with van der Waals surface area (Å²) in [6, 6.07) is 11.0. The number of halogens is 1. The number of hydrogen-bond acceptors (Lipinski definition) is 6. The number of rotatable bonds is 6. The Morgan fingerprint density at radius 2 is 2.00 bits per heavy atom. The third kappa shape index (κ3) is 4.52. The van der Waals surface area contributed by atoms with Gasteiger partial charge in [-0.3, -0.25) is 9.69 Å². The van der Waals surface area contributed by atoms with Gasteiger partial charge in [-0.2, -0.15) is 4.98 Å².